The van der Waals surface area contributed by atoms with Crippen molar-refractivity contribution < 1.29 is 13.3 Å². The van der Waals surface area contributed by atoms with Gasteiger partial charge in [0, 0.05) is 37.2 Å². The van der Waals surface area contributed by atoms with Gasteiger partial charge in [0.25, 0.3) is 0 Å². The van der Waals surface area contributed by atoms with Crippen molar-refractivity contribution in [3.8, 4) is 0 Å². The summed E-state index contributed by atoms with van der Waals surface area (Å²) in [6.07, 6.45) is 3.48. The van der Waals surface area contributed by atoms with Crippen LogP contribution < -0.4 is 13.3 Å². The Hall–Kier alpha value is 2.82. The van der Waals surface area contributed by atoms with Crippen LogP contribution >= 0.6 is 98.4 Å². The first-order chi connectivity index (χ1) is 9.85. The minimum absolute atomic E-state index is 0. The molecule has 0 bridgehead atoms. The maximum Gasteiger partial charge on any atom is -0.00203 e. The van der Waals surface area contributed by atoms with Crippen molar-refractivity contribution in [2.45, 2.75) is 19.3 Å². The van der Waals surface area contributed by atoms with Crippen molar-refractivity contribution >= 4 is 98.4 Å². The summed E-state index contributed by atoms with van der Waals surface area (Å²) in [4.78, 5) is 0. The van der Waals surface area contributed by atoms with Crippen molar-refractivity contribution in [3.63, 3.8) is 0 Å². The van der Waals surface area contributed by atoms with Crippen LogP contribution in [-0.4, -0.2) is 0 Å². The van der Waals surface area contributed by atoms with Gasteiger partial charge in [-0.1, -0.05) is 48.5 Å². The van der Waals surface area contributed by atoms with Crippen LogP contribution in [0.15, 0.2) is 48.5 Å². The molecule has 0 aliphatic heterocycles. The molecule has 3 rings (SSSR count). The molecule has 0 radical (unpaired) electrons. The summed E-state index contributed by atoms with van der Waals surface area (Å²) in [5.74, 6) is 0. The van der Waals surface area contributed by atoms with E-state index in [4.69, 9.17) is 0 Å². The van der Waals surface area contributed by atoms with Gasteiger partial charge < -0.3 is 0 Å². The van der Waals surface area contributed by atoms with Crippen LogP contribution in [0, 0.1) is 0 Å². The zero-order valence-corrected chi connectivity index (χ0v) is 24.2. The normalized spacial score (nSPS) is 11.2. The molecule has 2 aromatic rings. The van der Waals surface area contributed by atoms with Gasteiger partial charge in [-0.3, -0.25) is 0 Å². The molecule has 0 N–H and O–H groups in total. The Morgan fingerprint density at radius 1 is 0.667 bits per heavy atom. The van der Waals surface area contributed by atoms with Gasteiger partial charge in [0.05, 0.1) is 0 Å². The Bertz CT molecular complexity index is 470. The molecule has 21 heavy (non-hydrogen) atoms. The maximum atomic E-state index is 2.39. The zero-order chi connectivity index (χ0) is 14.8. The number of rotatable bonds is 0. The van der Waals surface area contributed by atoms with Gasteiger partial charge >= 0.3 is 50.5 Å². The minimum atomic E-state index is 0. The van der Waals surface area contributed by atoms with Crippen LogP contribution in [0.3, 0.4) is 0 Å². The Labute approximate surface area is 197 Å². The average molecular weight is 957 g/mol. The van der Waals surface area contributed by atoms with Crippen molar-refractivity contribution in [2.24, 2.45) is 0 Å². The monoisotopic (exact) mass is 957 g/mol. The van der Waals surface area contributed by atoms with Gasteiger partial charge in [-0.2, -0.15) is 0 Å². The molecule has 0 atom stereocenters. The maximum absolute atomic E-state index is 2.39. The first-order valence-electron chi connectivity index (χ1n) is 6.00. The fourth-order valence-corrected chi connectivity index (χ4v) is 2.42. The molecule has 0 spiro atoms. The molecule has 0 saturated heterocycles. The predicted molar refractivity (Wildman–Crippen MR) is 135 cm³/mol. The standard InChI is InChI=1S/C15H14.I3.I2.HI/c1-3-7-14-11-15-8-4-2-6-13(15)10-9-12(14)5-1;1-3-2;1-2;/h1-8H,9-11H2;;;1H/q;-1;;. The number of benzene rings is 2. The molecule has 0 saturated carbocycles. The quantitative estimate of drug-likeness (QED) is 0.341. The van der Waals surface area contributed by atoms with E-state index in [1.807, 2.05) is 0 Å². The van der Waals surface area contributed by atoms with E-state index in [9.17, 15) is 0 Å². The van der Waals surface area contributed by atoms with Gasteiger partial charge in [0.15, 0.2) is 0 Å². The van der Waals surface area contributed by atoms with E-state index in [0.717, 1.165) is 6.42 Å². The SMILES string of the molecule is I.II.I[I-]I.c1ccc2c(c1)CCc1ccccc1C2. The van der Waals surface area contributed by atoms with Crippen LogP contribution in [0.2, 0.25) is 0 Å². The molecule has 0 amide bonds. The van der Waals surface area contributed by atoms with E-state index in [0.29, 0.717) is 13.3 Å². The summed E-state index contributed by atoms with van der Waals surface area (Å²) in [7, 11) is 0. The van der Waals surface area contributed by atoms with E-state index in [2.05, 4.69) is 123 Å². The van der Waals surface area contributed by atoms with Crippen LogP contribution in [-0.2, 0) is 19.3 Å². The summed E-state index contributed by atoms with van der Waals surface area (Å²) in [6.45, 7) is 0. The zero-order valence-electron chi connectivity index (χ0n) is 11.0. The first-order valence-corrected chi connectivity index (χ1v) is 24.9. The van der Waals surface area contributed by atoms with E-state index in [1.54, 1.807) is 0 Å². The molecule has 6 heteroatoms. The van der Waals surface area contributed by atoms with Crippen LogP contribution in [0.1, 0.15) is 22.3 Å². The van der Waals surface area contributed by atoms with Gasteiger partial charge in [0.2, 0.25) is 0 Å². The third kappa shape index (κ3) is 8.65. The molecule has 118 valence electrons. The third-order valence-electron chi connectivity index (χ3n) is 3.28. The fourth-order valence-electron chi connectivity index (χ4n) is 2.42. The molecular weight excluding hydrogens is 942 g/mol. The third-order valence-corrected chi connectivity index (χ3v) is 3.28. The van der Waals surface area contributed by atoms with Crippen LogP contribution in [0.5, 0.6) is 0 Å². The molecular formula is C15H15I6-. The van der Waals surface area contributed by atoms with E-state index in [-0.39, 0.29) is 24.0 Å². The molecule has 2 aromatic carbocycles. The average Bonchev–Trinajstić information content (AvgIpc) is 2.69. The summed E-state index contributed by atoms with van der Waals surface area (Å²) in [5, 5.41) is 0. The Balaban J connectivity index is 0.000000599. The Morgan fingerprint density at radius 2 is 0.952 bits per heavy atom. The summed E-state index contributed by atoms with van der Waals surface area (Å²) in [5.41, 5.74) is 6.05. The summed E-state index contributed by atoms with van der Waals surface area (Å²) < 4.78 is 0. The van der Waals surface area contributed by atoms with Crippen molar-refractivity contribution in [3.05, 3.63) is 70.8 Å². The van der Waals surface area contributed by atoms with Crippen molar-refractivity contribution in [1.29, 1.82) is 0 Å². The Morgan fingerprint density at radius 3 is 1.29 bits per heavy atom. The Kier molecular flexibility index (Phi) is 17.1. The second kappa shape index (κ2) is 15.1. The van der Waals surface area contributed by atoms with Crippen LogP contribution in [0.4, 0.5) is 0 Å². The molecule has 1 aliphatic rings. The predicted octanol–water partition coefficient (Wildman–Crippen LogP) is 4.54. The minimum Gasteiger partial charge on any atom is -0.0620 e. The van der Waals surface area contributed by atoms with Gasteiger partial charge in [-0.05, 0) is 41.5 Å². The van der Waals surface area contributed by atoms with Gasteiger partial charge in [0.1, 0.15) is 0 Å². The number of halogens is 6. The van der Waals surface area contributed by atoms with E-state index >= 15 is 0 Å². The molecule has 0 fully saturated rings. The number of fused-ring (bicyclic) bond motifs is 2. The first kappa shape index (κ1) is 23.8. The second-order valence-electron chi connectivity index (χ2n) is 4.27. The van der Waals surface area contributed by atoms with E-state index in [1.165, 1.54) is 35.1 Å². The second-order valence-corrected chi connectivity index (χ2v) is 20.5. The van der Waals surface area contributed by atoms with Gasteiger partial charge in [-0.15, -0.1) is 24.0 Å². The van der Waals surface area contributed by atoms with Crippen LogP contribution in [0.25, 0.3) is 0 Å². The fraction of sp³-hybridized carbons (Fsp3) is 0.200. The molecule has 0 nitrogen and oxygen atoms in total. The smallest absolute Gasteiger partial charge is 0.00203 e. The van der Waals surface area contributed by atoms with Gasteiger partial charge in [-0.25, -0.2) is 0 Å². The molecule has 0 aromatic heterocycles. The molecule has 0 heterocycles. The molecule has 0 unspecified atom stereocenters. The number of aryl methyl sites for hydroxylation is 2. The molecule has 1 aliphatic carbocycles. The number of hydrogen-bond acceptors (Lipinski definition) is 0. The summed E-state index contributed by atoms with van der Waals surface area (Å²) >= 11 is 9.54. The number of hydrogen-bond donors (Lipinski definition) is 0. The van der Waals surface area contributed by atoms with Crippen molar-refractivity contribution in [1.82, 2.24) is 0 Å². The summed E-state index contributed by atoms with van der Waals surface area (Å²) in [6, 6.07) is 17.6. The van der Waals surface area contributed by atoms with Crippen molar-refractivity contribution in [2.75, 3.05) is 0 Å². The van der Waals surface area contributed by atoms with E-state index < -0.39 is 0 Å². The largest absolute Gasteiger partial charge is 0.0620 e. The topological polar surface area (TPSA) is 0 Å².